The largest absolute Gasteiger partial charge is 0.492 e. The minimum atomic E-state index is -0.499. The zero-order valence-corrected chi connectivity index (χ0v) is 19.3. The van der Waals surface area contributed by atoms with Crippen LogP contribution in [0.5, 0.6) is 5.75 Å². The summed E-state index contributed by atoms with van der Waals surface area (Å²) in [5, 5.41) is 5.93. The molecule has 0 saturated carbocycles. The lowest BCUT2D eigenvalue weighted by Gasteiger charge is -2.22. The number of hydrogen-bond donors (Lipinski definition) is 2. The number of para-hydroxylation sites is 1. The summed E-state index contributed by atoms with van der Waals surface area (Å²) in [5.41, 5.74) is -0.499. The van der Waals surface area contributed by atoms with E-state index in [0.29, 0.717) is 26.2 Å². The average Bonchev–Trinajstić information content (AvgIpc) is 2.57. The summed E-state index contributed by atoms with van der Waals surface area (Å²) in [7, 11) is 1.96. The van der Waals surface area contributed by atoms with Gasteiger partial charge in [0.25, 0.3) is 0 Å². The number of carbonyl (C=O) groups is 1. The molecule has 2 N–H and O–H groups in total. The Kier molecular flexibility index (Phi) is 12.6. The van der Waals surface area contributed by atoms with Crippen molar-refractivity contribution in [2.45, 2.75) is 33.3 Å². The third-order valence-electron chi connectivity index (χ3n) is 3.18. The summed E-state index contributed by atoms with van der Waals surface area (Å²) in [4.78, 5) is 18.1. The van der Waals surface area contributed by atoms with Crippen LogP contribution in [0.4, 0.5) is 4.79 Å². The van der Waals surface area contributed by atoms with Gasteiger partial charge in [-0.05, 0) is 39.8 Å². The fourth-order valence-electron chi connectivity index (χ4n) is 2.03. The van der Waals surface area contributed by atoms with Gasteiger partial charge in [-0.3, -0.25) is 4.99 Å². The van der Waals surface area contributed by atoms with Gasteiger partial charge < -0.3 is 25.0 Å². The van der Waals surface area contributed by atoms with E-state index in [0.717, 1.165) is 18.3 Å². The molecule has 0 aliphatic rings. The smallest absolute Gasteiger partial charge is 0.407 e. The maximum Gasteiger partial charge on any atom is 0.407 e. The van der Waals surface area contributed by atoms with Crippen molar-refractivity contribution in [2.75, 3.05) is 39.8 Å². The maximum absolute atomic E-state index is 11.6. The first kappa shape index (κ1) is 25.3. The lowest BCUT2D eigenvalue weighted by molar-refractivity contribution is 0.0529. The topological polar surface area (TPSA) is 75.2 Å². The number of rotatable bonds is 8. The van der Waals surface area contributed by atoms with Gasteiger partial charge >= 0.3 is 6.09 Å². The third kappa shape index (κ3) is 12.3. The molecule has 0 saturated heterocycles. The lowest BCUT2D eigenvalue weighted by Crippen LogP contribution is -2.41. The normalized spacial score (nSPS) is 11.2. The number of carbonyl (C=O) groups excluding carboxylic acids is 1. The molecule has 1 rings (SSSR count). The fourth-order valence-corrected chi connectivity index (χ4v) is 2.03. The quantitative estimate of drug-likeness (QED) is 0.253. The van der Waals surface area contributed by atoms with Crippen LogP contribution in [0.3, 0.4) is 0 Å². The van der Waals surface area contributed by atoms with Crippen molar-refractivity contribution >= 4 is 36.0 Å². The molecule has 0 heterocycles. The van der Waals surface area contributed by atoms with E-state index >= 15 is 0 Å². The number of amides is 1. The predicted molar refractivity (Wildman–Crippen MR) is 120 cm³/mol. The second-order valence-corrected chi connectivity index (χ2v) is 6.75. The Morgan fingerprint density at radius 1 is 1.19 bits per heavy atom. The van der Waals surface area contributed by atoms with Crippen molar-refractivity contribution in [2.24, 2.45) is 4.99 Å². The van der Waals surface area contributed by atoms with Gasteiger partial charge in [-0.25, -0.2) is 4.79 Å². The van der Waals surface area contributed by atoms with Gasteiger partial charge in [-0.15, -0.1) is 24.0 Å². The van der Waals surface area contributed by atoms with Gasteiger partial charge in [-0.2, -0.15) is 0 Å². The van der Waals surface area contributed by atoms with Crippen molar-refractivity contribution in [3.8, 4) is 5.75 Å². The Labute approximate surface area is 179 Å². The van der Waals surface area contributed by atoms with Gasteiger partial charge in [0.05, 0.1) is 13.1 Å². The Morgan fingerprint density at radius 2 is 1.85 bits per heavy atom. The summed E-state index contributed by atoms with van der Waals surface area (Å²) < 4.78 is 10.9. The van der Waals surface area contributed by atoms with Crippen LogP contribution in [0.25, 0.3) is 0 Å². The molecule has 0 fully saturated rings. The van der Waals surface area contributed by atoms with E-state index in [1.807, 2.05) is 70.0 Å². The van der Waals surface area contributed by atoms with Crippen LogP contribution in [0.2, 0.25) is 0 Å². The molecular formula is C19H33IN4O3. The number of guanidine groups is 1. The molecule has 0 unspecified atom stereocenters. The number of aliphatic imine (C=N–C) groups is 1. The number of ether oxygens (including phenoxy) is 2. The third-order valence-corrected chi connectivity index (χ3v) is 3.18. The Balaban J connectivity index is 0.00000676. The number of alkyl carbamates (subject to hydrolysis) is 1. The zero-order valence-electron chi connectivity index (χ0n) is 16.9. The van der Waals surface area contributed by atoms with E-state index in [9.17, 15) is 4.79 Å². The first-order valence-electron chi connectivity index (χ1n) is 8.96. The second-order valence-electron chi connectivity index (χ2n) is 6.75. The number of halogens is 1. The number of nitrogens with zero attached hydrogens (tertiary/aromatic N) is 2. The minimum Gasteiger partial charge on any atom is -0.492 e. The molecule has 0 atom stereocenters. The molecule has 1 aromatic rings. The molecular weight excluding hydrogens is 459 g/mol. The highest BCUT2D eigenvalue weighted by Gasteiger charge is 2.15. The maximum atomic E-state index is 11.6. The number of hydrogen-bond acceptors (Lipinski definition) is 4. The van der Waals surface area contributed by atoms with Gasteiger partial charge in [0.1, 0.15) is 18.0 Å². The lowest BCUT2D eigenvalue weighted by atomic mass is 10.2. The molecule has 27 heavy (non-hydrogen) atoms. The van der Waals surface area contributed by atoms with Crippen molar-refractivity contribution < 1.29 is 14.3 Å². The Morgan fingerprint density at radius 3 is 2.44 bits per heavy atom. The molecule has 0 bridgehead atoms. The SMILES string of the molecule is CCNC(=NCCNC(=O)OC(C)(C)C)N(C)CCOc1ccccc1.I. The molecule has 154 valence electrons. The highest BCUT2D eigenvalue weighted by Crippen LogP contribution is 2.08. The first-order valence-corrected chi connectivity index (χ1v) is 8.96. The van der Waals surface area contributed by atoms with Crippen LogP contribution in [0.15, 0.2) is 35.3 Å². The summed E-state index contributed by atoms with van der Waals surface area (Å²) in [6.45, 7) is 10.4. The van der Waals surface area contributed by atoms with Crippen LogP contribution in [0.1, 0.15) is 27.7 Å². The van der Waals surface area contributed by atoms with Gasteiger partial charge in [0, 0.05) is 20.1 Å². The highest BCUT2D eigenvalue weighted by molar-refractivity contribution is 14.0. The van der Waals surface area contributed by atoms with Gasteiger partial charge in [0.15, 0.2) is 5.96 Å². The van der Waals surface area contributed by atoms with E-state index in [4.69, 9.17) is 9.47 Å². The van der Waals surface area contributed by atoms with Crippen molar-refractivity contribution in [3.63, 3.8) is 0 Å². The number of likely N-dealkylation sites (N-methyl/N-ethyl adjacent to an activating group) is 1. The molecule has 0 radical (unpaired) electrons. The molecule has 1 amide bonds. The van der Waals surface area contributed by atoms with E-state index in [-0.39, 0.29) is 24.0 Å². The van der Waals surface area contributed by atoms with Crippen LogP contribution in [0, 0.1) is 0 Å². The fraction of sp³-hybridized carbons (Fsp3) is 0.579. The van der Waals surface area contributed by atoms with E-state index in [1.54, 1.807) is 0 Å². The molecule has 1 aromatic carbocycles. The number of nitrogens with one attached hydrogen (secondary N) is 2. The summed E-state index contributed by atoms with van der Waals surface area (Å²) in [6.07, 6.45) is -0.428. The van der Waals surface area contributed by atoms with E-state index in [2.05, 4.69) is 15.6 Å². The Hall–Kier alpha value is -1.71. The standard InChI is InChI=1S/C19H32N4O3.HI/c1-6-20-17(21-12-13-22-18(24)26-19(2,3)4)23(5)14-15-25-16-10-8-7-9-11-16;/h7-11H,6,12-15H2,1-5H3,(H,20,21)(H,22,24);1H. The van der Waals surface area contributed by atoms with Gasteiger partial charge in [-0.1, -0.05) is 18.2 Å². The van der Waals surface area contributed by atoms with E-state index < -0.39 is 11.7 Å². The molecule has 0 aliphatic heterocycles. The second kappa shape index (κ2) is 13.5. The molecule has 0 spiro atoms. The summed E-state index contributed by atoms with van der Waals surface area (Å²) in [6, 6.07) is 9.72. The van der Waals surface area contributed by atoms with Crippen LogP contribution in [-0.2, 0) is 4.74 Å². The average molecular weight is 492 g/mol. The zero-order chi connectivity index (χ0) is 19.4. The molecule has 7 nitrogen and oxygen atoms in total. The van der Waals surface area contributed by atoms with Crippen molar-refractivity contribution in [3.05, 3.63) is 30.3 Å². The predicted octanol–water partition coefficient (Wildman–Crippen LogP) is 3.11. The minimum absolute atomic E-state index is 0. The van der Waals surface area contributed by atoms with Gasteiger partial charge in [0.2, 0.25) is 0 Å². The van der Waals surface area contributed by atoms with Crippen molar-refractivity contribution in [1.82, 2.24) is 15.5 Å². The molecule has 8 heteroatoms. The first-order chi connectivity index (χ1) is 12.3. The van der Waals surface area contributed by atoms with Crippen LogP contribution >= 0.6 is 24.0 Å². The Bertz CT molecular complexity index is 562. The van der Waals surface area contributed by atoms with Crippen molar-refractivity contribution in [1.29, 1.82) is 0 Å². The van der Waals surface area contributed by atoms with E-state index in [1.165, 1.54) is 0 Å². The number of benzene rings is 1. The summed E-state index contributed by atoms with van der Waals surface area (Å²) in [5.74, 6) is 1.62. The molecule has 0 aromatic heterocycles. The summed E-state index contributed by atoms with van der Waals surface area (Å²) >= 11 is 0. The van der Waals surface area contributed by atoms with Crippen LogP contribution in [-0.4, -0.2) is 62.4 Å². The molecule has 0 aliphatic carbocycles. The highest BCUT2D eigenvalue weighted by atomic mass is 127. The monoisotopic (exact) mass is 492 g/mol. The van der Waals surface area contributed by atoms with Crippen LogP contribution < -0.4 is 15.4 Å².